The van der Waals surface area contributed by atoms with Gasteiger partial charge in [-0.05, 0) is 60.6 Å². The minimum absolute atomic E-state index is 0.113. The Hall–Kier alpha value is -1.72. The quantitative estimate of drug-likeness (QED) is 0.323. The van der Waals surface area contributed by atoms with Crippen molar-refractivity contribution in [2.75, 3.05) is 19.8 Å². The van der Waals surface area contributed by atoms with Gasteiger partial charge in [-0.2, -0.15) is 8.42 Å². The average molecular weight is 513 g/mol. The van der Waals surface area contributed by atoms with Gasteiger partial charge in [0, 0.05) is 24.4 Å². The van der Waals surface area contributed by atoms with Crippen molar-refractivity contribution in [3.8, 4) is 5.75 Å². The molecule has 34 heavy (non-hydrogen) atoms. The van der Waals surface area contributed by atoms with Crippen molar-refractivity contribution in [2.24, 2.45) is 5.14 Å². The highest BCUT2D eigenvalue weighted by Gasteiger charge is 2.29. The van der Waals surface area contributed by atoms with Crippen LogP contribution in [0.3, 0.4) is 0 Å². The molecule has 2 aromatic carbocycles. The van der Waals surface area contributed by atoms with Gasteiger partial charge in [0.15, 0.2) is 0 Å². The molecule has 188 valence electrons. The van der Waals surface area contributed by atoms with E-state index < -0.39 is 16.3 Å². The maximum Gasteiger partial charge on any atom is 0.274 e. The summed E-state index contributed by atoms with van der Waals surface area (Å²) in [7, 11) is -3.62. The second-order valence-corrected chi connectivity index (χ2v) is 10.4. The van der Waals surface area contributed by atoms with E-state index in [1.807, 2.05) is 42.5 Å². The number of hydrogen-bond acceptors (Lipinski definition) is 6. The largest absolute Gasteiger partial charge is 0.494 e. The van der Waals surface area contributed by atoms with Gasteiger partial charge in [-0.3, -0.25) is 0 Å². The summed E-state index contributed by atoms with van der Waals surface area (Å²) in [6.45, 7) is 0.760. The number of aliphatic hydroxyl groups excluding tert-OH is 2. The van der Waals surface area contributed by atoms with Crippen LogP contribution in [0.1, 0.15) is 54.9 Å². The van der Waals surface area contributed by atoms with Crippen LogP contribution in [-0.4, -0.2) is 50.6 Å². The molecule has 1 fully saturated rings. The Kier molecular flexibility index (Phi) is 10.1. The van der Waals surface area contributed by atoms with E-state index in [2.05, 4.69) is 4.72 Å². The van der Waals surface area contributed by atoms with Crippen LogP contribution in [0.15, 0.2) is 42.5 Å². The van der Waals surface area contributed by atoms with Gasteiger partial charge in [-0.15, -0.1) is 0 Å². The molecule has 5 N–H and O–H groups in total. The van der Waals surface area contributed by atoms with Gasteiger partial charge in [-0.1, -0.05) is 35.9 Å². The lowest BCUT2D eigenvalue weighted by Crippen LogP contribution is -2.33. The van der Waals surface area contributed by atoms with Gasteiger partial charge in [0.2, 0.25) is 0 Å². The van der Waals surface area contributed by atoms with Crippen molar-refractivity contribution in [3.63, 3.8) is 0 Å². The van der Waals surface area contributed by atoms with Crippen LogP contribution < -0.4 is 14.6 Å². The molecule has 0 aromatic heterocycles. The fraction of sp³-hybridized carbons (Fsp3) is 0.500. The maximum absolute atomic E-state index is 10.8. The van der Waals surface area contributed by atoms with Crippen molar-refractivity contribution >= 4 is 21.8 Å². The molecule has 3 atom stereocenters. The van der Waals surface area contributed by atoms with Crippen LogP contribution >= 0.6 is 11.6 Å². The molecule has 10 heteroatoms. The molecule has 0 bridgehead atoms. The number of hydrogen-bond donors (Lipinski definition) is 4. The van der Waals surface area contributed by atoms with Crippen LogP contribution in [0.4, 0.5) is 0 Å². The first kappa shape index (κ1) is 26.9. The topological polar surface area (TPSA) is 131 Å². The third kappa shape index (κ3) is 8.81. The molecule has 2 aromatic rings. The van der Waals surface area contributed by atoms with E-state index in [4.69, 9.17) is 26.2 Å². The number of aliphatic hydroxyl groups is 2. The van der Waals surface area contributed by atoms with Gasteiger partial charge in [-0.25, -0.2) is 9.86 Å². The van der Waals surface area contributed by atoms with E-state index in [0.717, 1.165) is 35.3 Å². The molecule has 8 nitrogen and oxygen atoms in total. The molecule has 0 spiro atoms. The van der Waals surface area contributed by atoms with Gasteiger partial charge in [0.25, 0.3) is 10.2 Å². The molecule has 0 amide bonds. The molecule has 0 saturated carbocycles. The summed E-state index contributed by atoms with van der Waals surface area (Å²) in [6, 6.07) is 13.6. The highest BCUT2D eigenvalue weighted by molar-refractivity contribution is 7.87. The van der Waals surface area contributed by atoms with Crippen molar-refractivity contribution < 1.29 is 28.1 Å². The Balaban J connectivity index is 1.49. The predicted molar refractivity (Wildman–Crippen MR) is 131 cm³/mol. The van der Waals surface area contributed by atoms with E-state index in [9.17, 15) is 18.6 Å². The first-order valence-electron chi connectivity index (χ1n) is 11.5. The fourth-order valence-electron chi connectivity index (χ4n) is 3.98. The summed E-state index contributed by atoms with van der Waals surface area (Å²) >= 11 is 6.45. The van der Waals surface area contributed by atoms with E-state index in [0.29, 0.717) is 43.9 Å². The molecular weight excluding hydrogens is 480 g/mol. The monoisotopic (exact) mass is 512 g/mol. The number of halogens is 1. The highest BCUT2D eigenvalue weighted by Crippen LogP contribution is 2.33. The third-order valence-corrected chi connectivity index (χ3v) is 6.71. The number of benzene rings is 2. The predicted octanol–water partition coefficient (Wildman–Crippen LogP) is 2.85. The standard InChI is InChI=1S/C24H33ClN2O6S/c25-23-9-6-18(24-15-20(29)14-22(16-28)33-24)13-19(23)12-17-4-7-21(8-5-17)32-11-3-1-2-10-27-34(26,30)31/h4-9,13,20,22,24,27-29H,1-3,10-12,14-16H2,(H2,26,30,31). The van der Waals surface area contributed by atoms with Crippen LogP contribution in [0.5, 0.6) is 5.75 Å². The Labute approximate surface area is 206 Å². The molecule has 3 rings (SSSR count). The lowest BCUT2D eigenvalue weighted by atomic mass is 9.94. The molecule has 1 aliphatic heterocycles. The summed E-state index contributed by atoms with van der Waals surface area (Å²) in [5, 5.41) is 25.1. The van der Waals surface area contributed by atoms with E-state index in [-0.39, 0.29) is 18.8 Å². The number of rotatable bonds is 12. The van der Waals surface area contributed by atoms with Crippen LogP contribution in [0, 0.1) is 0 Å². The average Bonchev–Trinajstić information content (AvgIpc) is 2.79. The lowest BCUT2D eigenvalue weighted by Gasteiger charge is -2.32. The molecule has 3 unspecified atom stereocenters. The highest BCUT2D eigenvalue weighted by atomic mass is 35.5. The Bertz CT molecular complexity index is 1020. The van der Waals surface area contributed by atoms with E-state index in [1.165, 1.54) is 0 Å². The number of unbranched alkanes of at least 4 members (excludes halogenated alkanes) is 2. The zero-order valence-electron chi connectivity index (χ0n) is 19.0. The summed E-state index contributed by atoms with van der Waals surface area (Å²) in [5.74, 6) is 0.769. The number of ether oxygens (including phenoxy) is 2. The number of nitrogens with one attached hydrogen (secondary N) is 1. The first-order chi connectivity index (χ1) is 16.2. The van der Waals surface area contributed by atoms with Gasteiger partial charge >= 0.3 is 0 Å². The molecular formula is C24H33ClN2O6S. The van der Waals surface area contributed by atoms with Crippen LogP contribution in [0.2, 0.25) is 5.02 Å². The zero-order valence-corrected chi connectivity index (χ0v) is 20.6. The second-order valence-electron chi connectivity index (χ2n) is 8.57. The zero-order chi connectivity index (χ0) is 24.6. The smallest absolute Gasteiger partial charge is 0.274 e. The summed E-state index contributed by atoms with van der Waals surface area (Å²) in [4.78, 5) is 0. The normalized spacial score (nSPS) is 20.9. The molecule has 0 radical (unpaired) electrons. The second kappa shape index (κ2) is 12.8. The van der Waals surface area contributed by atoms with Gasteiger partial charge < -0.3 is 19.7 Å². The van der Waals surface area contributed by atoms with E-state index in [1.54, 1.807) is 0 Å². The third-order valence-electron chi connectivity index (χ3n) is 5.73. The van der Waals surface area contributed by atoms with Crippen molar-refractivity contribution in [1.29, 1.82) is 0 Å². The summed E-state index contributed by atoms with van der Waals surface area (Å²) < 4.78 is 35.6. The maximum atomic E-state index is 10.8. The molecule has 1 aliphatic rings. The number of nitrogens with two attached hydrogens (primary N) is 1. The van der Waals surface area contributed by atoms with Crippen molar-refractivity contribution in [2.45, 2.75) is 56.8 Å². The minimum Gasteiger partial charge on any atom is -0.494 e. The first-order valence-corrected chi connectivity index (χ1v) is 13.4. The van der Waals surface area contributed by atoms with Crippen LogP contribution in [0.25, 0.3) is 0 Å². The van der Waals surface area contributed by atoms with Gasteiger partial charge in [0.05, 0.1) is 31.5 Å². The molecule has 1 saturated heterocycles. The molecule has 0 aliphatic carbocycles. The Morgan fingerprint density at radius 3 is 2.59 bits per heavy atom. The molecule has 1 heterocycles. The minimum atomic E-state index is -3.62. The SMILES string of the molecule is NS(=O)(=O)NCCCCCOc1ccc(Cc2cc(C3CC(O)CC(CO)O3)ccc2Cl)cc1. The summed E-state index contributed by atoms with van der Waals surface area (Å²) in [6.07, 6.45) is 2.78. The van der Waals surface area contributed by atoms with Crippen LogP contribution in [-0.2, 0) is 21.4 Å². The Morgan fingerprint density at radius 2 is 1.88 bits per heavy atom. The lowest BCUT2D eigenvalue weighted by molar-refractivity contribution is -0.113. The van der Waals surface area contributed by atoms with Crippen molar-refractivity contribution in [3.05, 3.63) is 64.2 Å². The Morgan fingerprint density at radius 1 is 1.12 bits per heavy atom. The fourth-order valence-corrected chi connectivity index (χ4v) is 4.60. The van der Waals surface area contributed by atoms with E-state index >= 15 is 0 Å². The van der Waals surface area contributed by atoms with Crippen molar-refractivity contribution in [1.82, 2.24) is 4.72 Å². The van der Waals surface area contributed by atoms with Gasteiger partial charge in [0.1, 0.15) is 5.75 Å². The summed E-state index contributed by atoms with van der Waals surface area (Å²) in [5.41, 5.74) is 2.99.